The molecular formula is C12H23N3O2. The number of nitriles is 1. The first-order chi connectivity index (χ1) is 7.85. The highest BCUT2D eigenvalue weighted by Gasteiger charge is 2.15. The molecule has 0 fully saturated rings. The number of ether oxygens (including phenoxy) is 1. The van der Waals surface area contributed by atoms with Crippen molar-refractivity contribution < 1.29 is 9.53 Å². The van der Waals surface area contributed by atoms with Crippen molar-refractivity contribution in [3.8, 4) is 6.07 Å². The molecular weight excluding hydrogens is 218 g/mol. The number of alkyl carbamates (subject to hydrolysis) is 1. The quantitative estimate of drug-likeness (QED) is 0.719. The molecule has 0 aliphatic rings. The van der Waals surface area contributed by atoms with Crippen molar-refractivity contribution in [2.75, 3.05) is 26.7 Å². The molecule has 0 aromatic heterocycles. The van der Waals surface area contributed by atoms with E-state index in [1.54, 1.807) is 0 Å². The predicted octanol–water partition coefficient (Wildman–Crippen LogP) is 1.75. The minimum absolute atomic E-state index is 0.378. The van der Waals surface area contributed by atoms with Crippen LogP contribution in [-0.2, 0) is 4.74 Å². The highest BCUT2D eigenvalue weighted by molar-refractivity contribution is 5.67. The monoisotopic (exact) mass is 241 g/mol. The molecule has 0 bridgehead atoms. The van der Waals surface area contributed by atoms with Gasteiger partial charge in [0.05, 0.1) is 6.07 Å². The Balaban J connectivity index is 3.52. The summed E-state index contributed by atoms with van der Waals surface area (Å²) in [7, 11) is 1.96. The normalized spacial score (nSPS) is 11.1. The van der Waals surface area contributed by atoms with Crippen LogP contribution in [0.3, 0.4) is 0 Å². The predicted molar refractivity (Wildman–Crippen MR) is 66.6 cm³/mol. The van der Waals surface area contributed by atoms with E-state index in [-0.39, 0.29) is 6.09 Å². The minimum Gasteiger partial charge on any atom is -0.444 e. The number of rotatable bonds is 6. The van der Waals surface area contributed by atoms with Crippen LogP contribution in [0, 0.1) is 11.3 Å². The zero-order chi connectivity index (χ0) is 13.3. The van der Waals surface area contributed by atoms with E-state index in [1.165, 1.54) is 0 Å². The molecule has 0 atom stereocenters. The van der Waals surface area contributed by atoms with E-state index in [0.29, 0.717) is 13.0 Å². The molecule has 1 N–H and O–H groups in total. The van der Waals surface area contributed by atoms with Gasteiger partial charge < -0.3 is 15.0 Å². The smallest absolute Gasteiger partial charge is 0.407 e. The van der Waals surface area contributed by atoms with Crippen LogP contribution in [0.2, 0.25) is 0 Å². The van der Waals surface area contributed by atoms with Crippen LogP contribution in [0.25, 0.3) is 0 Å². The third-order valence-electron chi connectivity index (χ3n) is 1.99. The lowest BCUT2D eigenvalue weighted by Gasteiger charge is -2.20. The zero-order valence-corrected chi connectivity index (χ0v) is 11.2. The minimum atomic E-state index is -0.451. The van der Waals surface area contributed by atoms with Gasteiger partial charge in [-0.1, -0.05) is 0 Å². The number of nitrogens with zero attached hydrogens (tertiary/aromatic N) is 2. The third-order valence-corrected chi connectivity index (χ3v) is 1.99. The molecule has 0 heterocycles. The molecule has 98 valence electrons. The van der Waals surface area contributed by atoms with Crippen LogP contribution in [0.1, 0.15) is 33.6 Å². The van der Waals surface area contributed by atoms with Crippen LogP contribution < -0.4 is 5.32 Å². The second-order valence-corrected chi connectivity index (χ2v) is 4.99. The Morgan fingerprint density at radius 2 is 2.06 bits per heavy atom. The standard InChI is InChI=1S/C12H23N3O2/c1-12(2,3)17-11(16)14-8-6-10-15(4)9-5-7-13/h5-6,8-10H2,1-4H3,(H,14,16). The van der Waals surface area contributed by atoms with E-state index in [4.69, 9.17) is 10.00 Å². The van der Waals surface area contributed by atoms with Gasteiger partial charge in [-0.15, -0.1) is 0 Å². The van der Waals surface area contributed by atoms with Crippen LogP contribution in [0.5, 0.6) is 0 Å². The lowest BCUT2D eigenvalue weighted by Crippen LogP contribution is -2.34. The summed E-state index contributed by atoms with van der Waals surface area (Å²) >= 11 is 0. The third kappa shape index (κ3) is 11.0. The molecule has 1 amide bonds. The average Bonchev–Trinajstić information content (AvgIpc) is 2.19. The molecule has 0 radical (unpaired) electrons. The van der Waals surface area contributed by atoms with Gasteiger partial charge in [0, 0.05) is 19.5 Å². The Kier molecular flexibility index (Phi) is 7.31. The largest absolute Gasteiger partial charge is 0.444 e. The van der Waals surface area contributed by atoms with Gasteiger partial charge >= 0.3 is 6.09 Å². The van der Waals surface area contributed by atoms with Crippen molar-refractivity contribution in [3.05, 3.63) is 0 Å². The van der Waals surface area contributed by atoms with Gasteiger partial charge in [0.1, 0.15) is 5.60 Å². The highest BCUT2D eigenvalue weighted by Crippen LogP contribution is 2.06. The number of carbonyl (C=O) groups is 1. The Hall–Kier alpha value is -1.28. The highest BCUT2D eigenvalue weighted by atomic mass is 16.6. The zero-order valence-electron chi connectivity index (χ0n) is 11.2. The maximum Gasteiger partial charge on any atom is 0.407 e. The summed E-state index contributed by atoms with van der Waals surface area (Å²) < 4.78 is 5.10. The van der Waals surface area contributed by atoms with Crippen molar-refractivity contribution in [3.63, 3.8) is 0 Å². The van der Waals surface area contributed by atoms with E-state index in [9.17, 15) is 4.79 Å². The van der Waals surface area contributed by atoms with Gasteiger partial charge in [0.25, 0.3) is 0 Å². The number of nitrogens with one attached hydrogen (secondary N) is 1. The van der Waals surface area contributed by atoms with Gasteiger partial charge in [0.15, 0.2) is 0 Å². The van der Waals surface area contributed by atoms with E-state index in [0.717, 1.165) is 19.5 Å². The summed E-state index contributed by atoms with van der Waals surface area (Å²) in [6.07, 6.45) is 1.01. The maximum absolute atomic E-state index is 11.3. The van der Waals surface area contributed by atoms with E-state index < -0.39 is 5.60 Å². The van der Waals surface area contributed by atoms with Crippen molar-refractivity contribution in [1.29, 1.82) is 5.26 Å². The second kappa shape index (κ2) is 7.91. The molecule has 17 heavy (non-hydrogen) atoms. The van der Waals surface area contributed by atoms with Crippen LogP contribution >= 0.6 is 0 Å². The molecule has 0 spiro atoms. The van der Waals surface area contributed by atoms with Crippen LogP contribution in [-0.4, -0.2) is 43.3 Å². The van der Waals surface area contributed by atoms with Gasteiger partial charge in [0.2, 0.25) is 0 Å². The molecule has 0 aromatic rings. The van der Waals surface area contributed by atoms with Crippen molar-refractivity contribution in [1.82, 2.24) is 10.2 Å². The van der Waals surface area contributed by atoms with E-state index in [1.807, 2.05) is 27.8 Å². The van der Waals surface area contributed by atoms with E-state index in [2.05, 4.69) is 16.3 Å². The summed E-state index contributed by atoms with van der Waals surface area (Å²) in [6.45, 7) is 7.72. The van der Waals surface area contributed by atoms with Crippen molar-refractivity contribution in [2.24, 2.45) is 0 Å². The molecule has 0 rings (SSSR count). The number of carbonyl (C=O) groups excluding carboxylic acids is 1. The molecule has 0 aromatic carbocycles. The molecule has 0 aliphatic carbocycles. The first-order valence-electron chi connectivity index (χ1n) is 5.87. The van der Waals surface area contributed by atoms with Gasteiger partial charge in [-0.05, 0) is 40.8 Å². The summed E-state index contributed by atoms with van der Waals surface area (Å²) in [5.41, 5.74) is -0.451. The molecule has 5 heteroatoms. The van der Waals surface area contributed by atoms with E-state index >= 15 is 0 Å². The van der Waals surface area contributed by atoms with Gasteiger partial charge in [-0.2, -0.15) is 5.26 Å². The Labute approximate surface area is 104 Å². The van der Waals surface area contributed by atoms with Crippen molar-refractivity contribution >= 4 is 6.09 Å². The number of hydrogen-bond donors (Lipinski definition) is 1. The molecule has 0 unspecified atom stereocenters. The lowest BCUT2D eigenvalue weighted by atomic mass is 10.2. The summed E-state index contributed by atoms with van der Waals surface area (Å²) in [5, 5.41) is 11.1. The number of amides is 1. The van der Waals surface area contributed by atoms with Crippen molar-refractivity contribution in [2.45, 2.75) is 39.2 Å². The van der Waals surface area contributed by atoms with Crippen LogP contribution in [0.15, 0.2) is 0 Å². The summed E-state index contributed by atoms with van der Waals surface area (Å²) in [4.78, 5) is 13.4. The molecule has 0 aliphatic heterocycles. The Morgan fingerprint density at radius 3 is 2.59 bits per heavy atom. The summed E-state index contributed by atoms with van der Waals surface area (Å²) in [6, 6.07) is 2.10. The molecule has 0 saturated carbocycles. The number of hydrogen-bond acceptors (Lipinski definition) is 4. The Morgan fingerprint density at radius 1 is 1.41 bits per heavy atom. The molecule has 0 saturated heterocycles. The fourth-order valence-electron chi connectivity index (χ4n) is 1.21. The SMILES string of the molecule is CN(CCC#N)CCCNC(=O)OC(C)(C)C. The fourth-order valence-corrected chi connectivity index (χ4v) is 1.21. The Bertz CT molecular complexity index is 266. The topological polar surface area (TPSA) is 65.4 Å². The van der Waals surface area contributed by atoms with Crippen LogP contribution in [0.4, 0.5) is 4.79 Å². The lowest BCUT2D eigenvalue weighted by molar-refractivity contribution is 0.0526. The fraction of sp³-hybridized carbons (Fsp3) is 0.833. The first kappa shape index (κ1) is 15.7. The van der Waals surface area contributed by atoms with Gasteiger partial charge in [-0.3, -0.25) is 0 Å². The second-order valence-electron chi connectivity index (χ2n) is 4.99. The average molecular weight is 241 g/mol. The summed E-state index contributed by atoms with van der Waals surface area (Å²) in [5.74, 6) is 0. The molecule has 5 nitrogen and oxygen atoms in total. The van der Waals surface area contributed by atoms with Gasteiger partial charge in [-0.25, -0.2) is 4.79 Å². The maximum atomic E-state index is 11.3. The first-order valence-corrected chi connectivity index (χ1v) is 5.87.